The van der Waals surface area contributed by atoms with E-state index in [2.05, 4.69) is 6.58 Å². The maximum absolute atomic E-state index is 14.4. The molecule has 7 aromatic rings. The second-order valence-corrected chi connectivity index (χ2v) is 12.0. The lowest BCUT2D eigenvalue weighted by molar-refractivity contribution is -0.211. The molecule has 0 saturated carbocycles. The van der Waals surface area contributed by atoms with Gasteiger partial charge in [-0.15, -0.1) is 6.58 Å². The molecule has 0 aliphatic rings. The van der Waals surface area contributed by atoms with E-state index in [1.807, 2.05) is 152 Å². The minimum atomic E-state index is -1.96. The smallest absolute Gasteiger partial charge is 0.390 e. The van der Waals surface area contributed by atoms with E-state index in [-0.39, 0.29) is 6.61 Å². The van der Waals surface area contributed by atoms with Gasteiger partial charge in [-0.2, -0.15) is 0 Å². The first kappa shape index (κ1) is 34.6. The highest BCUT2D eigenvalue weighted by Crippen LogP contribution is 2.35. The molecule has 0 spiro atoms. The lowest BCUT2D eigenvalue weighted by Gasteiger charge is -2.32. The van der Waals surface area contributed by atoms with Crippen LogP contribution >= 0.6 is 0 Å². The molecule has 1 atom stereocenters. The summed E-state index contributed by atoms with van der Waals surface area (Å²) in [6, 6.07) is 58.6. The Kier molecular flexibility index (Phi) is 10.7. The van der Waals surface area contributed by atoms with Gasteiger partial charge in [-0.05, 0) is 95.1 Å². The second-order valence-electron chi connectivity index (χ2n) is 12.0. The van der Waals surface area contributed by atoms with Crippen molar-refractivity contribution in [2.75, 3.05) is 6.61 Å². The highest BCUT2D eigenvalue weighted by atomic mass is 16.7. The van der Waals surface area contributed by atoms with E-state index in [4.69, 9.17) is 23.7 Å². The average Bonchev–Trinajstić information content (AvgIpc) is 3.21. The van der Waals surface area contributed by atoms with Crippen molar-refractivity contribution < 1.29 is 28.5 Å². The first-order valence-electron chi connectivity index (χ1n) is 17.2. The van der Waals surface area contributed by atoms with Crippen LogP contribution in [0, 0.1) is 0 Å². The fourth-order valence-corrected chi connectivity index (χ4v) is 5.72. The summed E-state index contributed by atoms with van der Waals surface area (Å²) >= 11 is 0. The van der Waals surface area contributed by atoms with E-state index >= 15 is 0 Å². The predicted molar refractivity (Wildman–Crippen MR) is 207 cm³/mol. The Balaban J connectivity index is 1.15. The number of benzene rings is 7. The molecule has 260 valence electrons. The largest absolute Gasteiger partial charge is 0.457 e. The summed E-state index contributed by atoms with van der Waals surface area (Å²) in [7, 11) is 0. The van der Waals surface area contributed by atoms with Gasteiger partial charge in [-0.1, -0.05) is 121 Å². The minimum Gasteiger partial charge on any atom is -0.457 e. The zero-order valence-electron chi connectivity index (χ0n) is 28.8. The number of carbonyl (C=O) groups is 1. The SMILES string of the molecule is C=CCOC(Oc1ccccc1)(C(=O)Oc1ccc(-c2cccc(Oc3ccccc3)c2)cc1)c1ccc(-c2cccc(Oc3ccccc3)c2)cc1. The summed E-state index contributed by atoms with van der Waals surface area (Å²) in [6.45, 7) is 3.83. The molecule has 7 aromatic carbocycles. The quantitative estimate of drug-likeness (QED) is 0.0488. The van der Waals surface area contributed by atoms with Gasteiger partial charge < -0.3 is 23.7 Å². The molecule has 1 unspecified atom stereocenters. The van der Waals surface area contributed by atoms with Gasteiger partial charge in [0.1, 0.15) is 34.5 Å². The minimum absolute atomic E-state index is 0.0168. The third-order valence-corrected chi connectivity index (χ3v) is 8.30. The Labute approximate surface area is 309 Å². The Morgan fingerprint density at radius 3 is 1.42 bits per heavy atom. The van der Waals surface area contributed by atoms with Crippen LogP contribution in [0.25, 0.3) is 22.3 Å². The van der Waals surface area contributed by atoms with Crippen molar-refractivity contribution in [3.05, 3.63) is 206 Å². The van der Waals surface area contributed by atoms with E-state index in [0.29, 0.717) is 28.6 Å². The number of esters is 1. The molecule has 0 saturated heterocycles. The molecule has 0 N–H and O–H groups in total. The fraction of sp³-hybridized carbons (Fsp3) is 0.0426. The number of rotatable bonds is 14. The highest BCUT2D eigenvalue weighted by molar-refractivity contribution is 5.83. The first-order valence-corrected chi connectivity index (χ1v) is 17.2. The second kappa shape index (κ2) is 16.4. The molecule has 6 nitrogen and oxygen atoms in total. The zero-order chi connectivity index (χ0) is 36.3. The molecule has 53 heavy (non-hydrogen) atoms. The van der Waals surface area contributed by atoms with E-state index in [9.17, 15) is 4.79 Å². The van der Waals surface area contributed by atoms with Crippen LogP contribution in [0.5, 0.6) is 34.5 Å². The average molecular weight is 697 g/mol. The van der Waals surface area contributed by atoms with Crippen molar-refractivity contribution in [1.82, 2.24) is 0 Å². The number of hydrogen-bond acceptors (Lipinski definition) is 6. The van der Waals surface area contributed by atoms with Gasteiger partial charge in [0.15, 0.2) is 0 Å². The predicted octanol–water partition coefficient (Wildman–Crippen LogP) is 11.6. The van der Waals surface area contributed by atoms with Crippen LogP contribution in [0.3, 0.4) is 0 Å². The van der Waals surface area contributed by atoms with E-state index in [1.54, 1.807) is 42.5 Å². The number of para-hydroxylation sites is 3. The van der Waals surface area contributed by atoms with E-state index in [0.717, 1.165) is 33.8 Å². The molecule has 0 bridgehead atoms. The highest BCUT2D eigenvalue weighted by Gasteiger charge is 2.47. The van der Waals surface area contributed by atoms with Gasteiger partial charge >= 0.3 is 11.8 Å². The number of ether oxygens (including phenoxy) is 5. The summed E-state index contributed by atoms with van der Waals surface area (Å²) in [5.41, 5.74) is 4.16. The van der Waals surface area contributed by atoms with Crippen molar-refractivity contribution in [3.8, 4) is 56.8 Å². The van der Waals surface area contributed by atoms with Crippen molar-refractivity contribution >= 4 is 5.97 Å². The lowest BCUT2D eigenvalue weighted by Crippen LogP contribution is -2.47. The monoisotopic (exact) mass is 696 g/mol. The number of hydrogen-bond donors (Lipinski definition) is 0. The van der Waals surface area contributed by atoms with Crippen molar-refractivity contribution in [1.29, 1.82) is 0 Å². The van der Waals surface area contributed by atoms with Gasteiger partial charge in [0.2, 0.25) is 0 Å². The van der Waals surface area contributed by atoms with Crippen LogP contribution < -0.4 is 18.9 Å². The van der Waals surface area contributed by atoms with Crippen LogP contribution in [0.1, 0.15) is 5.56 Å². The zero-order valence-corrected chi connectivity index (χ0v) is 28.8. The molecule has 0 heterocycles. The summed E-state index contributed by atoms with van der Waals surface area (Å²) < 4.78 is 30.8. The van der Waals surface area contributed by atoms with Gasteiger partial charge in [0.05, 0.1) is 6.61 Å². The number of carbonyl (C=O) groups excluding carboxylic acids is 1. The molecule has 6 heteroatoms. The topological polar surface area (TPSA) is 63.2 Å². The standard InChI is InChI=1S/C47H36O6/c1-2-32-49-47(53-43-20-10-5-11-21-43,39-28-24-35(25-29-39)37-14-12-22-44(33-37)50-40-16-6-3-7-17-40)46(48)52-42-30-26-36(27-31-42)38-15-13-23-45(34-38)51-41-18-8-4-9-19-41/h2-31,33-34H,1,32H2. The van der Waals surface area contributed by atoms with Crippen molar-refractivity contribution in [2.24, 2.45) is 0 Å². The lowest BCUT2D eigenvalue weighted by atomic mass is 9.99. The van der Waals surface area contributed by atoms with Crippen molar-refractivity contribution in [2.45, 2.75) is 5.79 Å². The summed E-state index contributed by atoms with van der Waals surface area (Å²) in [4.78, 5) is 14.4. The van der Waals surface area contributed by atoms with Crippen LogP contribution in [-0.4, -0.2) is 12.6 Å². The van der Waals surface area contributed by atoms with Gasteiger partial charge in [0, 0.05) is 5.56 Å². The van der Waals surface area contributed by atoms with Crippen LogP contribution in [0.15, 0.2) is 201 Å². The van der Waals surface area contributed by atoms with Crippen LogP contribution in [0.4, 0.5) is 0 Å². The van der Waals surface area contributed by atoms with Crippen molar-refractivity contribution in [3.63, 3.8) is 0 Å². The molecule has 0 fully saturated rings. The Hall–Kier alpha value is -6.89. The normalized spacial score (nSPS) is 11.8. The molecule has 0 aromatic heterocycles. The summed E-state index contributed by atoms with van der Waals surface area (Å²) in [5, 5.41) is 0. The third kappa shape index (κ3) is 8.53. The third-order valence-electron chi connectivity index (χ3n) is 8.30. The Bertz CT molecular complexity index is 2250. The van der Waals surface area contributed by atoms with E-state index < -0.39 is 11.8 Å². The fourth-order valence-electron chi connectivity index (χ4n) is 5.72. The molecule has 0 aliphatic heterocycles. The maximum atomic E-state index is 14.4. The Morgan fingerprint density at radius 1 is 0.472 bits per heavy atom. The van der Waals surface area contributed by atoms with Gasteiger partial charge in [0.25, 0.3) is 0 Å². The summed E-state index contributed by atoms with van der Waals surface area (Å²) in [5.74, 6) is 0.958. The van der Waals surface area contributed by atoms with Crippen LogP contribution in [-0.2, 0) is 15.3 Å². The van der Waals surface area contributed by atoms with Crippen LogP contribution in [0.2, 0.25) is 0 Å². The van der Waals surface area contributed by atoms with Gasteiger partial charge in [-0.3, -0.25) is 0 Å². The van der Waals surface area contributed by atoms with Gasteiger partial charge in [-0.25, -0.2) is 4.79 Å². The molecular weight excluding hydrogens is 661 g/mol. The first-order chi connectivity index (χ1) is 26.1. The molecule has 0 amide bonds. The summed E-state index contributed by atoms with van der Waals surface area (Å²) in [6.07, 6.45) is 1.56. The Morgan fingerprint density at radius 2 is 0.925 bits per heavy atom. The molecule has 7 rings (SSSR count). The molecule has 0 aliphatic carbocycles. The molecular formula is C47H36O6. The molecule has 0 radical (unpaired) electrons. The maximum Gasteiger partial charge on any atom is 0.390 e. The van der Waals surface area contributed by atoms with E-state index in [1.165, 1.54) is 0 Å².